The van der Waals surface area contributed by atoms with E-state index in [1.165, 1.54) is 0 Å². The SMILES string of the molecule is Cc1ccc(S(=O)(=O)N[C@@H]2CNC[C@@H](C(=O)NCC(c3ccccc3)c3ccccc3)C2)cc1. The normalized spacial score (nSPS) is 18.5. The van der Waals surface area contributed by atoms with Gasteiger partial charge in [-0.1, -0.05) is 78.4 Å². The van der Waals surface area contributed by atoms with Crippen LogP contribution in [0.25, 0.3) is 0 Å². The van der Waals surface area contributed by atoms with Crippen LogP contribution in [0.5, 0.6) is 0 Å². The lowest BCUT2D eigenvalue weighted by Crippen LogP contribution is -2.52. The molecule has 4 rings (SSSR count). The summed E-state index contributed by atoms with van der Waals surface area (Å²) in [6.45, 7) is 3.41. The molecule has 2 atom stereocenters. The second kappa shape index (κ2) is 11.0. The Labute approximate surface area is 201 Å². The van der Waals surface area contributed by atoms with Gasteiger partial charge >= 0.3 is 0 Å². The molecule has 1 heterocycles. The van der Waals surface area contributed by atoms with Gasteiger partial charge in [0.05, 0.1) is 10.8 Å². The molecule has 0 radical (unpaired) electrons. The van der Waals surface area contributed by atoms with Gasteiger partial charge in [-0.3, -0.25) is 4.79 Å². The molecule has 1 saturated heterocycles. The highest BCUT2D eigenvalue weighted by Crippen LogP contribution is 2.24. The van der Waals surface area contributed by atoms with E-state index in [0.29, 0.717) is 26.1 Å². The number of hydrogen-bond acceptors (Lipinski definition) is 4. The summed E-state index contributed by atoms with van der Waals surface area (Å²) in [5.41, 5.74) is 3.28. The van der Waals surface area contributed by atoms with E-state index in [-0.39, 0.29) is 28.7 Å². The van der Waals surface area contributed by atoms with Crippen molar-refractivity contribution in [1.29, 1.82) is 0 Å². The highest BCUT2D eigenvalue weighted by molar-refractivity contribution is 7.89. The molecule has 6 nitrogen and oxygen atoms in total. The fourth-order valence-corrected chi connectivity index (χ4v) is 5.63. The molecular weight excluding hydrogens is 446 g/mol. The minimum Gasteiger partial charge on any atom is -0.355 e. The Balaban J connectivity index is 1.39. The number of rotatable bonds is 8. The van der Waals surface area contributed by atoms with E-state index in [1.807, 2.05) is 43.3 Å². The number of sulfonamides is 1. The third-order valence-corrected chi connectivity index (χ3v) is 7.80. The zero-order valence-corrected chi connectivity index (χ0v) is 20.1. The van der Waals surface area contributed by atoms with Crippen LogP contribution in [0.15, 0.2) is 89.8 Å². The zero-order valence-electron chi connectivity index (χ0n) is 19.3. The Hall–Kier alpha value is -3.00. The highest BCUT2D eigenvalue weighted by Gasteiger charge is 2.30. The molecule has 1 aliphatic heterocycles. The Bertz CT molecular complexity index is 1140. The van der Waals surface area contributed by atoms with Crippen LogP contribution in [0, 0.1) is 12.8 Å². The van der Waals surface area contributed by atoms with Crippen LogP contribution in [0.4, 0.5) is 0 Å². The second-order valence-electron chi connectivity index (χ2n) is 8.84. The van der Waals surface area contributed by atoms with Crippen molar-refractivity contribution in [3.8, 4) is 0 Å². The highest BCUT2D eigenvalue weighted by atomic mass is 32.2. The molecule has 0 spiro atoms. The van der Waals surface area contributed by atoms with E-state index in [1.54, 1.807) is 24.3 Å². The van der Waals surface area contributed by atoms with Gasteiger partial charge in [-0.15, -0.1) is 0 Å². The molecule has 1 amide bonds. The summed E-state index contributed by atoms with van der Waals surface area (Å²) in [6.07, 6.45) is 0.450. The van der Waals surface area contributed by atoms with E-state index in [2.05, 4.69) is 39.6 Å². The topological polar surface area (TPSA) is 87.3 Å². The summed E-state index contributed by atoms with van der Waals surface area (Å²) < 4.78 is 28.3. The maximum atomic E-state index is 13.1. The van der Waals surface area contributed by atoms with Gasteiger partial charge in [-0.2, -0.15) is 0 Å². The van der Waals surface area contributed by atoms with Gasteiger partial charge in [0.1, 0.15) is 0 Å². The lowest BCUT2D eigenvalue weighted by molar-refractivity contribution is -0.125. The third-order valence-electron chi connectivity index (χ3n) is 6.26. The van der Waals surface area contributed by atoms with Crippen molar-refractivity contribution in [2.45, 2.75) is 30.2 Å². The van der Waals surface area contributed by atoms with Gasteiger partial charge in [0.25, 0.3) is 0 Å². The number of piperidine rings is 1. The maximum Gasteiger partial charge on any atom is 0.240 e. The van der Waals surface area contributed by atoms with E-state index < -0.39 is 10.0 Å². The van der Waals surface area contributed by atoms with E-state index in [0.717, 1.165) is 16.7 Å². The smallest absolute Gasteiger partial charge is 0.240 e. The number of nitrogens with one attached hydrogen (secondary N) is 3. The van der Waals surface area contributed by atoms with Crippen LogP contribution in [-0.2, 0) is 14.8 Å². The molecule has 0 bridgehead atoms. The summed E-state index contributed by atoms with van der Waals surface area (Å²) in [6, 6.07) is 26.7. The van der Waals surface area contributed by atoms with Gasteiger partial charge in [0.15, 0.2) is 0 Å². The van der Waals surface area contributed by atoms with Gasteiger partial charge in [0.2, 0.25) is 15.9 Å². The monoisotopic (exact) mass is 477 g/mol. The molecule has 1 aliphatic rings. The number of carbonyl (C=O) groups is 1. The summed E-state index contributed by atoms with van der Waals surface area (Å²) in [5.74, 6) is -0.339. The number of carbonyl (C=O) groups excluding carboxylic acids is 1. The predicted octanol–water partition coefficient (Wildman–Crippen LogP) is 3.20. The first-order valence-corrected chi connectivity index (χ1v) is 13.1. The first-order chi connectivity index (χ1) is 16.4. The van der Waals surface area contributed by atoms with E-state index in [9.17, 15) is 13.2 Å². The molecule has 178 valence electrons. The van der Waals surface area contributed by atoms with Gasteiger partial charge < -0.3 is 10.6 Å². The van der Waals surface area contributed by atoms with Crippen molar-refractivity contribution in [3.05, 3.63) is 102 Å². The average Bonchev–Trinajstić information content (AvgIpc) is 2.85. The Morgan fingerprint density at radius 3 is 2.09 bits per heavy atom. The Morgan fingerprint density at radius 1 is 0.912 bits per heavy atom. The van der Waals surface area contributed by atoms with Crippen molar-refractivity contribution in [1.82, 2.24) is 15.4 Å². The molecule has 1 fully saturated rings. The molecule has 0 saturated carbocycles. The van der Waals surface area contributed by atoms with Crippen LogP contribution in [0.3, 0.4) is 0 Å². The fraction of sp³-hybridized carbons (Fsp3) is 0.296. The number of aryl methyl sites for hydroxylation is 1. The number of hydrogen-bond donors (Lipinski definition) is 3. The molecule has 3 aromatic carbocycles. The first-order valence-electron chi connectivity index (χ1n) is 11.6. The van der Waals surface area contributed by atoms with Crippen molar-refractivity contribution < 1.29 is 13.2 Å². The predicted molar refractivity (Wildman–Crippen MR) is 134 cm³/mol. The zero-order chi connectivity index (χ0) is 24.0. The molecule has 7 heteroatoms. The van der Waals surface area contributed by atoms with Crippen LogP contribution >= 0.6 is 0 Å². The summed E-state index contributed by atoms with van der Waals surface area (Å²) in [7, 11) is -3.65. The standard InChI is InChI=1S/C27H31N3O3S/c1-20-12-14-25(15-13-20)34(32,33)30-24-16-23(17-28-18-24)27(31)29-19-26(21-8-4-2-5-9-21)22-10-6-3-7-11-22/h2-15,23-24,26,28,30H,16-19H2,1H3,(H,29,31)/t23-,24-/m0/s1. The van der Waals surface area contributed by atoms with E-state index >= 15 is 0 Å². The average molecular weight is 478 g/mol. The minimum absolute atomic E-state index is 0.0405. The van der Waals surface area contributed by atoms with Gasteiger partial charge in [-0.05, 0) is 36.6 Å². The lowest BCUT2D eigenvalue weighted by Gasteiger charge is -2.30. The van der Waals surface area contributed by atoms with Crippen LogP contribution < -0.4 is 15.4 Å². The number of benzene rings is 3. The molecule has 0 unspecified atom stereocenters. The molecule has 0 aromatic heterocycles. The van der Waals surface area contributed by atoms with Crippen LogP contribution in [0.1, 0.15) is 29.0 Å². The maximum absolute atomic E-state index is 13.1. The number of amides is 1. The molecule has 34 heavy (non-hydrogen) atoms. The third kappa shape index (κ3) is 6.11. The van der Waals surface area contributed by atoms with Crippen molar-refractivity contribution in [2.24, 2.45) is 5.92 Å². The summed E-state index contributed by atoms with van der Waals surface area (Å²) in [4.78, 5) is 13.3. The summed E-state index contributed by atoms with van der Waals surface area (Å²) in [5, 5.41) is 6.33. The molecule has 3 aromatic rings. The lowest BCUT2D eigenvalue weighted by atomic mass is 9.90. The Morgan fingerprint density at radius 2 is 1.50 bits per heavy atom. The largest absolute Gasteiger partial charge is 0.355 e. The van der Waals surface area contributed by atoms with Gasteiger partial charge in [0, 0.05) is 31.6 Å². The molecule has 3 N–H and O–H groups in total. The molecular formula is C27H31N3O3S. The van der Waals surface area contributed by atoms with Crippen molar-refractivity contribution in [2.75, 3.05) is 19.6 Å². The van der Waals surface area contributed by atoms with Gasteiger partial charge in [-0.25, -0.2) is 13.1 Å². The van der Waals surface area contributed by atoms with Crippen molar-refractivity contribution in [3.63, 3.8) is 0 Å². The quantitative estimate of drug-likeness (QED) is 0.465. The minimum atomic E-state index is -3.65. The Kier molecular flexibility index (Phi) is 7.77. The van der Waals surface area contributed by atoms with Crippen LogP contribution in [-0.4, -0.2) is 40.0 Å². The second-order valence-corrected chi connectivity index (χ2v) is 10.6. The fourth-order valence-electron chi connectivity index (χ4n) is 4.38. The van der Waals surface area contributed by atoms with Crippen LogP contribution in [0.2, 0.25) is 0 Å². The first kappa shape index (κ1) is 24.1. The summed E-state index contributed by atoms with van der Waals surface area (Å²) >= 11 is 0. The molecule has 0 aliphatic carbocycles. The van der Waals surface area contributed by atoms with Crippen molar-refractivity contribution >= 4 is 15.9 Å². The van der Waals surface area contributed by atoms with E-state index in [4.69, 9.17) is 0 Å².